The Kier molecular flexibility index (Phi) is 3.93. The number of carboxylic acid groups (broad SMARTS) is 1. The van der Waals surface area contributed by atoms with Crippen LogP contribution in [0.3, 0.4) is 0 Å². The van der Waals surface area contributed by atoms with E-state index < -0.39 is 37.0 Å². The van der Waals surface area contributed by atoms with Gasteiger partial charge in [-0.3, -0.25) is 4.79 Å². The molecule has 112 valence electrons. The van der Waals surface area contributed by atoms with E-state index in [1.165, 1.54) is 11.3 Å². The van der Waals surface area contributed by atoms with Gasteiger partial charge in [-0.25, -0.2) is 16.8 Å². The van der Waals surface area contributed by atoms with Gasteiger partial charge in [0.25, 0.3) is 0 Å². The van der Waals surface area contributed by atoms with E-state index in [9.17, 15) is 26.7 Å². The van der Waals surface area contributed by atoms with Crippen LogP contribution in [0.1, 0.15) is 16.5 Å². The Morgan fingerprint density at radius 1 is 1.45 bits per heavy atom. The number of nitrogens with zero attached hydrogens (tertiary/aromatic N) is 1. The molecule has 0 radical (unpaired) electrons. The zero-order chi connectivity index (χ0) is 15.1. The quantitative estimate of drug-likeness (QED) is 0.831. The van der Waals surface area contributed by atoms with E-state index in [0.29, 0.717) is 12.0 Å². The largest absolute Gasteiger partial charge is 0.480 e. The molecule has 0 spiro atoms. The summed E-state index contributed by atoms with van der Waals surface area (Å²) in [7, 11) is -7.95. The number of rotatable bonds is 4. The van der Waals surface area contributed by atoms with Crippen LogP contribution in [0, 0.1) is 0 Å². The Morgan fingerprint density at radius 2 is 2.10 bits per heavy atom. The molecule has 0 saturated heterocycles. The SMILES string of the molecule is CS(=O)(=O)CS(=O)(=O)N1CCc2sccc2C1C(=O)O. The Labute approximate surface area is 120 Å². The van der Waals surface area contributed by atoms with Crippen molar-refractivity contribution in [1.82, 2.24) is 4.31 Å². The Bertz CT molecular complexity index is 733. The van der Waals surface area contributed by atoms with E-state index in [2.05, 4.69) is 0 Å². The van der Waals surface area contributed by atoms with Crippen molar-refractivity contribution in [2.75, 3.05) is 17.9 Å². The minimum atomic E-state index is -4.19. The van der Waals surface area contributed by atoms with Gasteiger partial charge in [-0.1, -0.05) is 0 Å². The highest BCUT2D eigenvalue weighted by molar-refractivity contribution is 8.06. The summed E-state index contributed by atoms with van der Waals surface area (Å²) < 4.78 is 47.5. The molecule has 1 unspecified atom stereocenters. The number of carbonyl (C=O) groups is 1. The molecule has 1 N–H and O–H groups in total. The number of carboxylic acids is 1. The predicted molar refractivity (Wildman–Crippen MR) is 73.7 cm³/mol. The first kappa shape index (κ1) is 15.4. The molecule has 0 aliphatic carbocycles. The monoisotopic (exact) mass is 339 g/mol. The van der Waals surface area contributed by atoms with Crippen molar-refractivity contribution < 1.29 is 26.7 Å². The van der Waals surface area contributed by atoms with Gasteiger partial charge >= 0.3 is 5.97 Å². The van der Waals surface area contributed by atoms with E-state index in [1.54, 1.807) is 11.4 Å². The summed E-state index contributed by atoms with van der Waals surface area (Å²) in [6.45, 7) is -0.0255. The van der Waals surface area contributed by atoms with Crippen LogP contribution in [0.15, 0.2) is 11.4 Å². The molecule has 1 aliphatic rings. The van der Waals surface area contributed by atoms with Gasteiger partial charge < -0.3 is 5.11 Å². The summed E-state index contributed by atoms with van der Waals surface area (Å²) in [5.41, 5.74) is 0.422. The summed E-state index contributed by atoms with van der Waals surface area (Å²) in [5.74, 6) is -1.30. The summed E-state index contributed by atoms with van der Waals surface area (Å²) in [6.07, 6.45) is 1.19. The molecule has 10 heteroatoms. The van der Waals surface area contributed by atoms with E-state index in [4.69, 9.17) is 0 Å². The number of sulfone groups is 1. The van der Waals surface area contributed by atoms with Crippen LogP contribution in [-0.4, -0.2) is 50.1 Å². The molecule has 1 aromatic heterocycles. The first-order chi connectivity index (χ1) is 9.12. The van der Waals surface area contributed by atoms with Gasteiger partial charge in [-0.05, 0) is 23.4 Å². The molecule has 0 aromatic carbocycles. The molecular weight excluding hydrogens is 326 g/mol. The molecule has 0 saturated carbocycles. The van der Waals surface area contributed by atoms with E-state index in [-0.39, 0.29) is 6.54 Å². The highest BCUT2D eigenvalue weighted by atomic mass is 32.3. The summed E-state index contributed by atoms with van der Waals surface area (Å²) in [4.78, 5) is 12.2. The topological polar surface area (TPSA) is 109 Å². The second kappa shape index (κ2) is 5.10. The van der Waals surface area contributed by atoms with Gasteiger partial charge in [0, 0.05) is 17.7 Å². The molecule has 2 rings (SSSR count). The van der Waals surface area contributed by atoms with Crippen molar-refractivity contribution in [1.29, 1.82) is 0 Å². The fourth-order valence-corrected chi connectivity index (χ4v) is 6.69. The number of fused-ring (bicyclic) bond motifs is 1. The second-order valence-electron chi connectivity index (χ2n) is 4.56. The van der Waals surface area contributed by atoms with Gasteiger partial charge in [0.1, 0.15) is 6.04 Å². The molecule has 2 heterocycles. The molecule has 20 heavy (non-hydrogen) atoms. The molecule has 0 fully saturated rings. The van der Waals surface area contributed by atoms with Crippen LogP contribution in [0.25, 0.3) is 0 Å². The van der Waals surface area contributed by atoms with Crippen LogP contribution in [-0.2, 0) is 31.1 Å². The van der Waals surface area contributed by atoms with E-state index >= 15 is 0 Å². The van der Waals surface area contributed by atoms with Gasteiger partial charge in [0.2, 0.25) is 10.0 Å². The third-order valence-electron chi connectivity index (χ3n) is 2.88. The van der Waals surface area contributed by atoms with Crippen molar-refractivity contribution in [2.45, 2.75) is 12.5 Å². The average molecular weight is 339 g/mol. The second-order valence-corrected chi connectivity index (χ2v) is 9.98. The van der Waals surface area contributed by atoms with E-state index in [0.717, 1.165) is 15.4 Å². The molecule has 0 bridgehead atoms. The summed E-state index contributed by atoms with van der Waals surface area (Å²) in [5, 5.41) is 9.91. The van der Waals surface area contributed by atoms with Gasteiger partial charge in [0.05, 0.1) is 0 Å². The fourth-order valence-electron chi connectivity index (χ4n) is 2.19. The maximum Gasteiger partial charge on any atom is 0.326 e. The van der Waals surface area contributed by atoms with Gasteiger partial charge in [-0.2, -0.15) is 4.31 Å². The molecule has 7 nitrogen and oxygen atoms in total. The minimum absolute atomic E-state index is 0.0255. The molecule has 0 amide bonds. The average Bonchev–Trinajstić information content (AvgIpc) is 2.71. The van der Waals surface area contributed by atoms with Crippen LogP contribution in [0.5, 0.6) is 0 Å². The smallest absolute Gasteiger partial charge is 0.326 e. The Morgan fingerprint density at radius 3 is 2.65 bits per heavy atom. The lowest BCUT2D eigenvalue weighted by molar-refractivity contribution is -0.142. The maximum atomic E-state index is 12.1. The van der Waals surface area contributed by atoms with Crippen molar-refractivity contribution in [3.05, 3.63) is 21.9 Å². The van der Waals surface area contributed by atoms with Gasteiger partial charge in [0.15, 0.2) is 14.9 Å². The number of thiophene rings is 1. The first-order valence-electron chi connectivity index (χ1n) is 5.58. The maximum absolute atomic E-state index is 12.1. The number of aliphatic carboxylic acids is 1. The summed E-state index contributed by atoms with van der Waals surface area (Å²) in [6, 6.07) is 0.220. The zero-order valence-electron chi connectivity index (χ0n) is 10.5. The highest BCUT2D eigenvalue weighted by Crippen LogP contribution is 2.35. The van der Waals surface area contributed by atoms with E-state index in [1.807, 2.05) is 0 Å². The van der Waals surface area contributed by atoms with Crippen LogP contribution >= 0.6 is 11.3 Å². The van der Waals surface area contributed by atoms with Crippen LogP contribution in [0.2, 0.25) is 0 Å². The number of hydrogen-bond donors (Lipinski definition) is 1. The summed E-state index contributed by atoms with van der Waals surface area (Å²) >= 11 is 1.37. The molecule has 1 aliphatic heterocycles. The van der Waals surface area contributed by atoms with Crippen molar-refractivity contribution in [3.8, 4) is 0 Å². The van der Waals surface area contributed by atoms with Crippen LogP contribution in [0.4, 0.5) is 0 Å². The lowest BCUT2D eigenvalue weighted by Gasteiger charge is -2.31. The third-order valence-corrected chi connectivity index (χ3v) is 7.88. The lowest BCUT2D eigenvalue weighted by atomic mass is 10.0. The third kappa shape index (κ3) is 3.03. The normalized spacial score (nSPS) is 20.6. The van der Waals surface area contributed by atoms with Crippen molar-refractivity contribution >= 4 is 37.2 Å². The fraction of sp³-hybridized carbons (Fsp3) is 0.500. The Balaban J connectivity index is 2.45. The lowest BCUT2D eigenvalue weighted by Crippen LogP contribution is -2.44. The van der Waals surface area contributed by atoms with Crippen molar-refractivity contribution in [2.24, 2.45) is 0 Å². The molecule has 1 aromatic rings. The zero-order valence-corrected chi connectivity index (χ0v) is 13.0. The predicted octanol–water partition coefficient (Wildman–Crippen LogP) is 0.0638. The van der Waals surface area contributed by atoms with Crippen LogP contribution < -0.4 is 0 Å². The molecular formula is C10H13NO6S3. The first-order valence-corrected chi connectivity index (χ1v) is 10.1. The number of sulfonamides is 1. The standard InChI is InChI=1S/C10H13NO6S3/c1-19(14,15)6-20(16,17)11-4-2-8-7(3-5-18-8)9(11)10(12)13/h3,5,9H,2,4,6H2,1H3,(H,12,13). The van der Waals surface area contributed by atoms with Crippen molar-refractivity contribution in [3.63, 3.8) is 0 Å². The Hall–Kier alpha value is -0.970. The van der Waals surface area contributed by atoms with Gasteiger partial charge in [-0.15, -0.1) is 11.3 Å². The number of hydrogen-bond acceptors (Lipinski definition) is 6. The molecule has 1 atom stereocenters. The minimum Gasteiger partial charge on any atom is -0.480 e. The highest BCUT2D eigenvalue weighted by Gasteiger charge is 2.41.